The van der Waals surface area contributed by atoms with Gasteiger partial charge in [-0.05, 0) is 72.6 Å². The van der Waals surface area contributed by atoms with E-state index in [1.165, 1.54) is 17.3 Å². The third kappa shape index (κ3) is 5.84. The number of halogens is 2. The molecular formula is C34H27Cl2N3OS. The van der Waals surface area contributed by atoms with Crippen LogP contribution in [-0.2, 0) is 17.8 Å². The lowest BCUT2D eigenvalue weighted by Gasteiger charge is -2.15. The normalized spacial score (nSPS) is 15.5. The number of benzene rings is 4. The topological polar surface area (TPSA) is 37.6 Å². The highest BCUT2D eigenvalue weighted by Gasteiger charge is 2.33. The first kappa shape index (κ1) is 27.4. The number of amidine groups is 1. The van der Waals surface area contributed by atoms with Gasteiger partial charge in [-0.2, -0.15) is 0 Å². The maximum atomic E-state index is 13.9. The molecule has 0 unspecified atom stereocenters. The quantitative estimate of drug-likeness (QED) is 0.176. The Morgan fingerprint density at radius 1 is 0.878 bits per heavy atom. The lowest BCUT2D eigenvalue weighted by Crippen LogP contribution is -2.31. The molecule has 1 aromatic heterocycles. The number of hydrogen-bond donors (Lipinski definition) is 0. The average Bonchev–Trinajstić information content (AvgIpc) is 3.42. The van der Waals surface area contributed by atoms with Gasteiger partial charge in [0.2, 0.25) is 0 Å². The molecule has 7 heteroatoms. The molecule has 0 aliphatic carbocycles. The summed E-state index contributed by atoms with van der Waals surface area (Å²) in [5.74, 6) is -0.0300. The van der Waals surface area contributed by atoms with Crippen molar-refractivity contribution < 1.29 is 4.79 Å². The van der Waals surface area contributed by atoms with E-state index in [2.05, 4.69) is 35.8 Å². The lowest BCUT2D eigenvalue weighted by atomic mass is 10.1. The van der Waals surface area contributed by atoms with E-state index in [0.717, 1.165) is 39.8 Å². The van der Waals surface area contributed by atoms with Gasteiger partial charge >= 0.3 is 0 Å². The van der Waals surface area contributed by atoms with Crippen molar-refractivity contribution in [3.8, 4) is 0 Å². The third-order valence-electron chi connectivity index (χ3n) is 7.23. The molecule has 0 atom stereocenters. The zero-order valence-electron chi connectivity index (χ0n) is 22.4. The van der Waals surface area contributed by atoms with Gasteiger partial charge in [0, 0.05) is 45.3 Å². The standard InChI is InChI=1S/C34H27Cl2N3OS/c1-23-29(28-14-8-9-15-31(28)39(23)22-25-16-17-26(35)20-30(25)36)21-32-33(40)38(19-18-24-10-4-2-5-11-24)34(41-32)37-27-12-6-3-7-13-27/h2-17,20-21H,18-19,22H2,1H3/b32-21+,37-34?. The molecule has 0 bridgehead atoms. The van der Waals surface area contributed by atoms with Crippen molar-refractivity contribution in [1.29, 1.82) is 0 Å². The van der Waals surface area contributed by atoms with Crippen LogP contribution in [0.5, 0.6) is 0 Å². The smallest absolute Gasteiger partial charge is 0.266 e. The van der Waals surface area contributed by atoms with E-state index in [-0.39, 0.29) is 5.91 Å². The zero-order chi connectivity index (χ0) is 28.3. The van der Waals surface area contributed by atoms with Gasteiger partial charge < -0.3 is 4.57 Å². The Balaban J connectivity index is 1.39. The van der Waals surface area contributed by atoms with E-state index in [4.69, 9.17) is 28.2 Å². The number of nitrogens with zero attached hydrogens (tertiary/aromatic N) is 3. The summed E-state index contributed by atoms with van der Waals surface area (Å²) in [6, 6.07) is 33.9. The maximum absolute atomic E-state index is 13.9. The largest absolute Gasteiger partial charge is 0.340 e. The lowest BCUT2D eigenvalue weighted by molar-refractivity contribution is -0.122. The van der Waals surface area contributed by atoms with Crippen LogP contribution in [0.15, 0.2) is 113 Å². The Bertz CT molecular complexity index is 1800. The molecule has 1 aliphatic heterocycles. The number of carbonyl (C=O) groups is 1. The van der Waals surface area contributed by atoms with E-state index in [1.807, 2.05) is 78.9 Å². The molecule has 204 valence electrons. The Labute approximate surface area is 253 Å². The van der Waals surface area contributed by atoms with E-state index < -0.39 is 0 Å². The highest BCUT2D eigenvalue weighted by atomic mass is 35.5. The van der Waals surface area contributed by atoms with Gasteiger partial charge in [-0.25, -0.2) is 4.99 Å². The molecule has 5 aromatic rings. The summed E-state index contributed by atoms with van der Waals surface area (Å²) in [7, 11) is 0. The van der Waals surface area contributed by atoms with E-state index in [0.29, 0.717) is 33.2 Å². The number of amides is 1. The average molecular weight is 597 g/mol. The van der Waals surface area contributed by atoms with Crippen molar-refractivity contribution >= 4 is 68.7 Å². The summed E-state index contributed by atoms with van der Waals surface area (Å²) in [5.41, 5.74) is 6.14. The van der Waals surface area contributed by atoms with Gasteiger partial charge in [-0.1, -0.05) is 96.0 Å². The number of aliphatic imine (C=N–C) groups is 1. The van der Waals surface area contributed by atoms with E-state index in [1.54, 1.807) is 11.0 Å². The second-order valence-electron chi connectivity index (χ2n) is 9.87. The fraction of sp³-hybridized carbons (Fsp3) is 0.118. The molecule has 1 saturated heterocycles. The molecule has 4 nitrogen and oxygen atoms in total. The van der Waals surface area contributed by atoms with Gasteiger partial charge in [0.05, 0.1) is 10.6 Å². The highest BCUT2D eigenvalue weighted by molar-refractivity contribution is 8.18. The van der Waals surface area contributed by atoms with Crippen LogP contribution in [-0.4, -0.2) is 27.1 Å². The number of rotatable bonds is 7. The monoisotopic (exact) mass is 595 g/mol. The number of fused-ring (bicyclic) bond motifs is 1. The molecule has 0 saturated carbocycles. The maximum Gasteiger partial charge on any atom is 0.266 e. The summed E-state index contributed by atoms with van der Waals surface area (Å²) in [5, 5.41) is 3.02. The predicted octanol–water partition coefficient (Wildman–Crippen LogP) is 9.15. The second kappa shape index (κ2) is 12.0. The van der Waals surface area contributed by atoms with Crippen LogP contribution in [0.25, 0.3) is 17.0 Å². The van der Waals surface area contributed by atoms with Crippen molar-refractivity contribution in [2.75, 3.05) is 6.54 Å². The van der Waals surface area contributed by atoms with Crippen molar-refractivity contribution in [2.45, 2.75) is 19.9 Å². The van der Waals surface area contributed by atoms with Gasteiger partial charge in [0.15, 0.2) is 5.17 Å². The Hall–Kier alpha value is -3.77. The van der Waals surface area contributed by atoms with Crippen LogP contribution in [0.3, 0.4) is 0 Å². The molecule has 2 heterocycles. The van der Waals surface area contributed by atoms with Gasteiger partial charge in [0.25, 0.3) is 5.91 Å². The minimum atomic E-state index is -0.0300. The molecular weight excluding hydrogens is 569 g/mol. The summed E-state index contributed by atoms with van der Waals surface area (Å²) in [6.07, 6.45) is 2.77. The van der Waals surface area contributed by atoms with Crippen LogP contribution in [0.1, 0.15) is 22.4 Å². The Kier molecular flexibility index (Phi) is 8.02. The summed E-state index contributed by atoms with van der Waals surface area (Å²) >= 11 is 14.1. The molecule has 1 aliphatic rings. The number of carbonyl (C=O) groups excluding carboxylic acids is 1. The zero-order valence-corrected chi connectivity index (χ0v) is 24.8. The van der Waals surface area contributed by atoms with Crippen molar-refractivity contribution in [1.82, 2.24) is 9.47 Å². The van der Waals surface area contributed by atoms with Crippen molar-refractivity contribution in [3.05, 3.63) is 140 Å². The van der Waals surface area contributed by atoms with Crippen LogP contribution >= 0.6 is 35.0 Å². The molecule has 4 aromatic carbocycles. The summed E-state index contributed by atoms with van der Waals surface area (Å²) < 4.78 is 2.24. The summed E-state index contributed by atoms with van der Waals surface area (Å²) in [6.45, 7) is 3.23. The van der Waals surface area contributed by atoms with Gasteiger partial charge in [-0.15, -0.1) is 0 Å². The first-order valence-electron chi connectivity index (χ1n) is 13.4. The number of thioether (sulfide) groups is 1. The molecule has 1 fully saturated rings. The molecule has 41 heavy (non-hydrogen) atoms. The van der Waals surface area contributed by atoms with E-state index >= 15 is 0 Å². The second-order valence-corrected chi connectivity index (χ2v) is 11.7. The molecule has 0 radical (unpaired) electrons. The molecule has 1 amide bonds. The highest BCUT2D eigenvalue weighted by Crippen LogP contribution is 2.37. The van der Waals surface area contributed by atoms with Crippen molar-refractivity contribution in [2.24, 2.45) is 4.99 Å². The van der Waals surface area contributed by atoms with Crippen LogP contribution in [0, 0.1) is 6.92 Å². The molecule has 0 spiro atoms. The van der Waals surface area contributed by atoms with Gasteiger partial charge in [-0.3, -0.25) is 9.69 Å². The SMILES string of the molecule is Cc1c(/C=C2/SC(=Nc3ccccc3)N(CCc3ccccc3)C2=O)c2ccccc2n1Cc1ccc(Cl)cc1Cl. The van der Waals surface area contributed by atoms with Gasteiger partial charge in [0.1, 0.15) is 0 Å². The van der Waals surface area contributed by atoms with Crippen LogP contribution in [0.4, 0.5) is 5.69 Å². The Morgan fingerprint density at radius 3 is 2.34 bits per heavy atom. The molecule has 0 N–H and O–H groups in total. The first-order chi connectivity index (χ1) is 20.0. The van der Waals surface area contributed by atoms with Crippen LogP contribution in [0.2, 0.25) is 10.0 Å². The van der Waals surface area contributed by atoms with Crippen LogP contribution < -0.4 is 0 Å². The Morgan fingerprint density at radius 2 is 1.59 bits per heavy atom. The predicted molar refractivity (Wildman–Crippen MR) is 173 cm³/mol. The number of para-hydroxylation sites is 2. The minimum Gasteiger partial charge on any atom is -0.340 e. The first-order valence-corrected chi connectivity index (χ1v) is 15.0. The minimum absolute atomic E-state index is 0.0300. The van der Waals surface area contributed by atoms with E-state index in [9.17, 15) is 4.79 Å². The third-order valence-corrected chi connectivity index (χ3v) is 8.83. The summed E-state index contributed by atoms with van der Waals surface area (Å²) in [4.78, 5) is 21.2. The number of hydrogen-bond acceptors (Lipinski definition) is 3. The molecule has 6 rings (SSSR count). The number of aromatic nitrogens is 1. The fourth-order valence-electron chi connectivity index (χ4n) is 5.08. The van der Waals surface area contributed by atoms with Crippen molar-refractivity contribution in [3.63, 3.8) is 0 Å². The fourth-order valence-corrected chi connectivity index (χ4v) is 6.56.